The van der Waals surface area contributed by atoms with Crippen molar-refractivity contribution in [1.82, 2.24) is 0 Å². The summed E-state index contributed by atoms with van der Waals surface area (Å²) in [4.78, 5) is 9.37. The van der Waals surface area contributed by atoms with Gasteiger partial charge in [0.1, 0.15) is 0 Å². The zero-order valence-corrected chi connectivity index (χ0v) is 9.29. The average molecular weight is 206 g/mol. The van der Waals surface area contributed by atoms with Crippen molar-refractivity contribution < 1.29 is 19.9 Å². The minimum Gasteiger partial charge on any atom is -0.204 e. The molecule has 0 saturated heterocycles. The zero-order chi connectivity index (χ0) is 10.5. The summed E-state index contributed by atoms with van der Waals surface area (Å²) in [5.74, 6) is 0. The molecule has 4 heteroatoms. The molecule has 0 amide bonds. The van der Waals surface area contributed by atoms with E-state index in [4.69, 9.17) is 4.89 Å². The first-order chi connectivity index (χ1) is 6.91. The van der Waals surface area contributed by atoms with Gasteiger partial charge in [-0.3, -0.25) is 0 Å². The Morgan fingerprint density at radius 1 is 0.643 bits per heavy atom. The van der Waals surface area contributed by atoms with Crippen LogP contribution in [-0.2, 0) is 19.9 Å². The zero-order valence-electron chi connectivity index (χ0n) is 9.29. The number of unbranched alkanes of at least 4 members (excludes halogenated alkanes) is 4. The van der Waals surface area contributed by atoms with Crippen molar-refractivity contribution in [2.45, 2.75) is 52.4 Å². The monoisotopic (exact) mass is 206 g/mol. The Labute approximate surface area is 86.3 Å². The summed E-state index contributed by atoms with van der Waals surface area (Å²) < 4.78 is 0. The van der Waals surface area contributed by atoms with E-state index in [2.05, 4.69) is 28.8 Å². The molecule has 0 aliphatic heterocycles. The first-order valence-electron chi connectivity index (χ1n) is 5.49. The Morgan fingerprint density at radius 3 is 1.79 bits per heavy atom. The number of hydrogen-bond acceptors (Lipinski definition) is 4. The first-order valence-corrected chi connectivity index (χ1v) is 5.49. The lowest BCUT2D eigenvalue weighted by Crippen LogP contribution is -2.01. The van der Waals surface area contributed by atoms with Crippen molar-refractivity contribution in [3.63, 3.8) is 0 Å². The third-order valence-corrected chi connectivity index (χ3v) is 1.79. The van der Waals surface area contributed by atoms with Gasteiger partial charge in [0.25, 0.3) is 0 Å². The molecular formula is C10H22O4. The van der Waals surface area contributed by atoms with Crippen LogP contribution < -0.4 is 0 Å². The topological polar surface area (TPSA) is 36.9 Å². The van der Waals surface area contributed by atoms with Gasteiger partial charge < -0.3 is 0 Å². The van der Waals surface area contributed by atoms with Gasteiger partial charge in [0.15, 0.2) is 0 Å². The van der Waals surface area contributed by atoms with Crippen molar-refractivity contribution in [2.24, 2.45) is 0 Å². The maximum absolute atomic E-state index is 4.71. The lowest BCUT2D eigenvalue weighted by atomic mass is 10.2. The molecular weight excluding hydrogens is 184 g/mol. The normalized spacial score (nSPS) is 10.7. The van der Waals surface area contributed by atoms with Crippen LogP contribution in [0.1, 0.15) is 52.4 Å². The molecule has 0 atom stereocenters. The number of hydrogen-bond donors (Lipinski definition) is 0. The highest BCUT2D eigenvalue weighted by Gasteiger charge is 1.92. The second kappa shape index (κ2) is 12.8. The molecule has 0 aromatic carbocycles. The van der Waals surface area contributed by atoms with Crippen molar-refractivity contribution in [2.75, 3.05) is 13.2 Å². The van der Waals surface area contributed by atoms with Gasteiger partial charge in [0, 0.05) is 0 Å². The second-order valence-electron chi connectivity index (χ2n) is 3.19. The van der Waals surface area contributed by atoms with Gasteiger partial charge in [-0.15, -0.1) is 0 Å². The van der Waals surface area contributed by atoms with Crippen molar-refractivity contribution in [3.8, 4) is 0 Å². The van der Waals surface area contributed by atoms with Crippen molar-refractivity contribution >= 4 is 0 Å². The van der Waals surface area contributed by atoms with E-state index in [9.17, 15) is 0 Å². The largest absolute Gasteiger partial charge is 0.204 e. The molecule has 0 aromatic heterocycles. The van der Waals surface area contributed by atoms with E-state index >= 15 is 0 Å². The van der Waals surface area contributed by atoms with Crippen LogP contribution in [0.5, 0.6) is 0 Å². The molecule has 0 N–H and O–H groups in total. The van der Waals surface area contributed by atoms with Gasteiger partial charge >= 0.3 is 0 Å². The fourth-order valence-corrected chi connectivity index (χ4v) is 0.898. The highest BCUT2D eigenvalue weighted by atomic mass is 17.7. The van der Waals surface area contributed by atoms with Gasteiger partial charge in [0.05, 0.1) is 13.2 Å². The Bertz CT molecular complexity index is 86.1. The van der Waals surface area contributed by atoms with Gasteiger partial charge in [-0.2, -0.15) is 0 Å². The van der Waals surface area contributed by atoms with E-state index in [1.807, 2.05) is 0 Å². The fourth-order valence-electron chi connectivity index (χ4n) is 0.898. The third-order valence-electron chi connectivity index (χ3n) is 1.79. The highest BCUT2D eigenvalue weighted by Crippen LogP contribution is 1.99. The van der Waals surface area contributed by atoms with Gasteiger partial charge in [-0.05, 0) is 22.9 Å². The summed E-state index contributed by atoms with van der Waals surface area (Å²) in [7, 11) is 0. The lowest BCUT2D eigenvalue weighted by molar-refractivity contribution is -0.634. The molecule has 86 valence electrons. The van der Waals surface area contributed by atoms with Crippen LogP contribution in [0.3, 0.4) is 0 Å². The van der Waals surface area contributed by atoms with E-state index in [1.165, 1.54) is 12.8 Å². The molecule has 0 rings (SSSR count). The van der Waals surface area contributed by atoms with Crippen LogP contribution >= 0.6 is 0 Å². The Balaban J connectivity index is 2.78. The van der Waals surface area contributed by atoms with Crippen LogP contribution in [0.2, 0.25) is 0 Å². The van der Waals surface area contributed by atoms with Crippen LogP contribution in [0.25, 0.3) is 0 Å². The molecule has 0 aromatic rings. The predicted octanol–water partition coefficient (Wildman–Crippen LogP) is 3.18. The summed E-state index contributed by atoms with van der Waals surface area (Å²) >= 11 is 0. The maximum Gasteiger partial charge on any atom is 0.0854 e. The van der Waals surface area contributed by atoms with E-state index in [0.717, 1.165) is 25.7 Å². The molecule has 0 heterocycles. The molecule has 14 heavy (non-hydrogen) atoms. The van der Waals surface area contributed by atoms with Crippen LogP contribution in [0, 0.1) is 0 Å². The predicted molar refractivity (Wildman–Crippen MR) is 53.1 cm³/mol. The maximum atomic E-state index is 4.71. The van der Waals surface area contributed by atoms with Gasteiger partial charge in [-0.1, -0.05) is 39.5 Å². The molecule has 0 saturated carbocycles. The van der Waals surface area contributed by atoms with Crippen LogP contribution in [0.15, 0.2) is 0 Å². The average Bonchev–Trinajstić information content (AvgIpc) is 2.21. The summed E-state index contributed by atoms with van der Waals surface area (Å²) in [6.07, 6.45) is 6.64. The smallest absolute Gasteiger partial charge is 0.0854 e. The number of rotatable bonds is 11. The molecule has 0 aliphatic carbocycles. The Hall–Kier alpha value is -0.160. The van der Waals surface area contributed by atoms with E-state index in [-0.39, 0.29) is 0 Å². The first kappa shape index (κ1) is 13.8. The van der Waals surface area contributed by atoms with E-state index in [1.54, 1.807) is 0 Å². The van der Waals surface area contributed by atoms with Gasteiger partial charge in [0.2, 0.25) is 0 Å². The van der Waals surface area contributed by atoms with E-state index < -0.39 is 0 Å². The van der Waals surface area contributed by atoms with Crippen LogP contribution in [0.4, 0.5) is 0 Å². The van der Waals surface area contributed by atoms with Crippen molar-refractivity contribution in [3.05, 3.63) is 0 Å². The fraction of sp³-hybridized carbons (Fsp3) is 1.00. The standard InChI is InChI=1S/C10H22O4/c1-3-5-7-8-10-12-14-13-11-9-6-4-2/h3-10H2,1-2H3. The molecule has 0 aliphatic rings. The molecule has 0 spiro atoms. The summed E-state index contributed by atoms with van der Waals surface area (Å²) in [6, 6.07) is 0. The second-order valence-corrected chi connectivity index (χ2v) is 3.19. The van der Waals surface area contributed by atoms with Crippen LogP contribution in [-0.4, -0.2) is 13.2 Å². The van der Waals surface area contributed by atoms with E-state index in [0.29, 0.717) is 13.2 Å². The molecule has 0 bridgehead atoms. The molecule has 4 nitrogen and oxygen atoms in total. The highest BCUT2D eigenvalue weighted by molar-refractivity contribution is 4.36. The third kappa shape index (κ3) is 11.8. The molecule has 0 unspecified atom stereocenters. The molecule has 0 radical (unpaired) electrons. The Morgan fingerprint density at radius 2 is 1.21 bits per heavy atom. The van der Waals surface area contributed by atoms with Gasteiger partial charge in [-0.25, -0.2) is 9.78 Å². The summed E-state index contributed by atoms with van der Waals surface area (Å²) in [5, 5.41) is 8.66. The minimum absolute atomic E-state index is 0.537. The lowest BCUT2D eigenvalue weighted by Gasteiger charge is -2.01. The summed E-state index contributed by atoms with van der Waals surface area (Å²) in [5.41, 5.74) is 0. The Kier molecular flexibility index (Phi) is 12.7. The van der Waals surface area contributed by atoms with Crippen molar-refractivity contribution in [1.29, 1.82) is 0 Å². The SMILES string of the molecule is CCCCCCOOOOCCCC. The summed E-state index contributed by atoms with van der Waals surface area (Å²) in [6.45, 7) is 5.34. The minimum atomic E-state index is 0.537. The molecule has 0 fully saturated rings. The quantitative estimate of drug-likeness (QED) is 0.295.